The van der Waals surface area contributed by atoms with Crippen LogP contribution < -0.4 is 15.4 Å². The molecule has 1 aromatic heterocycles. The zero-order chi connectivity index (χ0) is 22.1. The minimum Gasteiger partial charge on any atom is -0.489 e. The van der Waals surface area contributed by atoms with Gasteiger partial charge >= 0.3 is 12.1 Å². The second kappa shape index (κ2) is 8.29. The third-order valence-electron chi connectivity index (χ3n) is 5.08. The van der Waals surface area contributed by atoms with Crippen molar-refractivity contribution in [2.24, 2.45) is 5.73 Å². The van der Waals surface area contributed by atoms with E-state index in [1.807, 2.05) is 19.9 Å². The van der Waals surface area contributed by atoms with E-state index in [-0.39, 0.29) is 17.4 Å². The van der Waals surface area contributed by atoms with Gasteiger partial charge in [-0.05, 0) is 57.0 Å². The molecular weight excluding hydrogens is 403 g/mol. The summed E-state index contributed by atoms with van der Waals surface area (Å²) >= 11 is 0. The summed E-state index contributed by atoms with van der Waals surface area (Å²) in [5.74, 6) is -0.612. The molecule has 2 heterocycles. The van der Waals surface area contributed by atoms with Gasteiger partial charge in [0.1, 0.15) is 28.5 Å². The second-order valence-corrected chi connectivity index (χ2v) is 7.70. The van der Waals surface area contributed by atoms with Crippen LogP contribution in [0.2, 0.25) is 0 Å². The zero-order valence-corrected chi connectivity index (χ0v) is 17.3. The molecule has 0 atom stereocenters. The summed E-state index contributed by atoms with van der Waals surface area (Å²) in [5, 5.41) is 0.421. The number of nitrogens with zero attached hydrogens (tertiary/aromatic N) is 1. The number of halogens is 1. The van der Waals surface area contributed by atoms with Gasteiger partial charge in [-0.2, -0.15) is 0 Å². The quantitative estimate of drug-likeness (QED) is 0.462. The van der Waals surface area contributed by atoms with Crippen molar-refractivity contribution >= 4 is 28.7 Å². The summed E-state index contributed by atoms with van der Waals surface area (Å²) in [7, 11) is 0. The average Bonchev–Trinajstić information content (AvgIpc) is 3.34. The van der Waals surface area contributed by atoms with Crippen LogP contribution in [0.3, 0.4) is 0 Å². The number of fused-ring (bicyclic) bond motifs is 1. The number of hydrogen-bond acceptors (Lipinski definition) is 6. The van der Waals surface area contributed by atoms with Gasteiger partial charge in [0.15, 0.2) is 0 Å². The molecule has 0 bridgehead atoms. The number of esters is 1. The Bertz CT molecular complexity index is 1130. The van der Waals surface area contributed by atoms with E-state index in [0.717, 1.165) is 31.6 Å². The summed E-state index contributed by atoms with van der Waals surface area (Å²) in [4.78, 5) is 26.2. The maximum atomic E-state index is 13.4. The number of nitrogens with two attached hydrogens (primary N) is 1. The molecule has 1 aliphatic rings. The molecule has 1 aliphatic heterocycles. The SMILES string of the molecule is CC(C)Oc1cc2c(C(=O)OC(N)=O)c(-c3ccc(F)cc3)oc2cc1N1CCCC1. The number of hydrogen-bond donors (Lipinski definition) is 1. The van der Waals surface area contributed by atoms with Gasteiger partial charge in [0.2, 0.25) is 0 Å². The molecule has 7 nitrogen and oxygen atoms in total. The van der Waals surface area contributed by atoms with Gasteiger partial charge in [0.05, 0.1) is 11.8 Å². The van der Waals surface area contributed by atoms with E-state index < -0.39 is 17.9 Å². The Balaban J connectivity index is 1.94. The lowest BCUT2D eigenvalue weighted by atomic mass is 10.0. The van der Waals surface area contributed by atoms with Crippen molar-refractivity contribution in [3.63, 3.8) is 0 Å². The van der Waals surface area contributed by atoms with Gasteiger partial charge in [-0.25, -0.2) is 14.0 Å². The third-order valence-corrected chi connectivity index (χ3v) is 5.08. The first kappa shape index (κ1) is 20.7. The number of benzene rings is 2. The number of carbonyl (C=O) groups is 2. The van der Waals surface area contributed by atoms with Crippen LogP contribution in [0.4, 0.5) is 14.9 Å². The van der Waals surface area contributed by atoms with Crippen LogP contribution in [-0.4, -0.2) is 31.3 Å². The summed E-state index contributed by atoms with van der Waals surface area (Å²) in [6.07, 6.45) is 0.836. The van der Waals surface area contributed by atoms with Gasteiger partial charge in [0.25, 0.3) is 0 Å². The molecule has 0 unspecified atom stereocenters. The first-order valence-electron chi connectivity index (χ1n) is 10.1. The highest BCUT2D eigenvalue weighted by Gasteiger charge is 2.28. The monoisotopic (exact) mass is 426 g/mol. The Kier molecular flexibility index (Phi) is 5.54. The minimum absolute atomic E-state index is 0.0296. The lowest BCUT2D eigenvalue weighted by molar-refractivity contribution is 0.0640. The number of furan rings is 1. The smallest absolute Gasteiger partial charge is 0.412 e. The average molecular weight is 426 g/mol. The number of ether oxygens (including phenoxy) is 2. The van der Waals surface area contributed by atoms with Gasteiger partial charge in [-0.15, -0.1) is 0 Å². The third kappa shape index (κ3) is 4.19. The largest absolute Gasteiger partial charge is 0.489 e. The van der Waals surface area contributed by atoms with Crippen LogP contribution in [0.5, 0.6) is 5.75 Å². The highest BCUT2D eigenvalue weighted by atomic mass is 19.1. The Labute approximate surface area is 178 Å². The van der Waals surface area contributed by atoms with Gasteiger partial charge < -0.3 is 24.5 Å². The fraction of sp³-hybridized carbons (Fsp3) is 0.304. The molecule has 2 aromatic carbocycles. The van der Waals surface area contributed by atoms with Crippen molar-refractivity contribution in [2.45, 2.75) is 32.8 Å². The number of anilines is 1. The van der Waals surface area contributed by atoms with Gasteiger partial charge in [-0.1, -0.05) is 0 Å². The maximum absolute atomic E-state index is 13.4. The van der Waals surface area contributed by atoms with E-state index >= 15 is 0 Å². The molecule has 3 aromatic rings. The molecule has 1 amide bonds. The minimum atomic E-state index is -1.23. The van der Waals surface area contributed by atoms with Crippen molar-refractivity contribution in [2.75, 3.05) is 18.0 Å². The Morgan fingerprint density at radius 1 is 1.13 bits per heavy atom. The molecule has 0 saturated carbocycles. The van der Waals surface area contributed by atoms with E-state index in [1.165, 1.54) is 24.3 Å². The molecule has 1 fully saturated rings. The summed E-state index contributed by atoms with van der Waals surface area (Å²) in [5.41, 5.74) is 6.85. The van der Waals surface area contributed by atoms with E-state index in [1.54, 1.807) is 6.07 Å². The fourth-order valence-electron chi connectivity index (χ4n) is 3.82. The molecule has 31 heavy (non-hydrogen) atoms. The van der Waals surface area contributed by atoms with Crippen LogP contribution in [-0.2, 0) is 4.74 Å². The molecule has 8 heteroatoms. The number of carbonyl (C=O) groups excluding carboxylic acids is 2. The summed E-state index contributed by atoms with van der Waals surface area (Å²) < 4.78 is 30.2. The highest BCUT2D eigenvalue weighted by molar-refractivity contribution is 6.12. The van der Waals surface area contributed by atoms with E-state index in [2.05, 4.69) is 9.64 Å². The molecule has 0 aliphatic carbocycles. The van der Waals surface area contributed by atoms with Crippen LogP contribution in [0.15, 0.2) is 40.8 Å². The molecule has 1 saturated heterocycles. The summed E-state index contributed by atoms with van der Waals surface area (Å²) in [6.45, 7) is 5.61. The summed E-state index contributed by atoms with van der Waals surface area (Å²) in [6, 6.07) is 9.04. The van der Waals surface area contributed by atoms with Crippen LogP contribution in [0.25, 0.3) is 22.3 Å². The Morgan fingerprint density at radius 2 is 1.81 bits per heavy atom. The number of amides is 1. The van der Waals surface area contributed by atoms with E-state index in [0.29, 0.717) is 22.3 Å². The zero-order valence-electron chi connectivity index (χ0n) is 17.3. The first-order chi connectivity index (χ1) is 14.8. The van der Waals surface area contributed by atoms with Crippen molar-refractivity contribution in [3.8, 4) is 17.1 Å². The lowest BCUT2D eigenvalue weighted by Crippen LogP contribution is -2.20. The molecule has 0 radical (unpaired) electrons. The van der Waals surface area contributed by atoms with Crippen molar-refractivity contribution in [1.82, 2.24) is 0 Å². The predicted octanol–water partition coefficient (Wildman–Crippen LogP) is 4.86. The first-order valence-corrected chi connectivity index (χ1v) is 10.1. The van der Waals surface area contributed by atoms with Crippen LogP contribution in [0.1, 0.15) is 37.0 Å². The molecule has 2 N–H and O–H groups in total. The molecule has 4 rings (SSSR count). The molecule has 0 spiro atoms. The normalized spacial score (nSPS) is 13.7. The number of primary amides is 1. The predicted molar refractivity (Wildman–Crippen MR) is 114 cm³/mol. The second-order valence-electron chi connectivity index (χ2n) is 7.70. The fourth-order valence-corrected chi connectivity index (χ4v) is 3.82. The maximum Gasteiger partial charge on any atom is 0.412 e. The number of rotatable bonds is 5. The molecular formula is C23H23FN2O5. The Hall–Kier alpha value is -3.55. The van der Waals surface area contributed by atoms with Crippen molar-refractivity contribution < 1.29 is 27.9 Å². The van der Waals surface area contributed by atoms with Crippen LogP contribution in [0, 0.1) is 5.82 Å². The van der Waals surface area contributed by atoms with Gasteiger partial charge in [0, 0.05) is 30.1 Å². The van der Waals surface area contributed by atoms with E-state index in [9.17, 15) is 14.0 Å². The highest BCUT2D eigenvalue weighted by Crippen LogP contribution is 2.41. The molecule has 162 valence electrons. The van der Waals surface area contributed by atoms with E-state index in [4.69, 9.17) is 14.9 Å². The van der Waals surface area contributed by atoms with Crippen molar-refractivity contribution in [1.29, 1.82) is 0 Å². The van der Waals surface area contributed by atoms with Crippen LogP contribution >= 0.6 is 0 Å². The standard InChI is InChI=1S/C23H23FN2O5/c1-13(2)29-19-11-16-18(12-17(19)26-9-3-4-10-26)30-21(14-5-7-15(24)8-6-14)20(16)22(27)31-23(25)28/h5-8,11-13H,3-4,9-10H2,1-2H3,(H2,25,28). The topological polar surface area (TPSA) is 95.0 Å². The van der Waals surface area contributed by atoms with Gasteiger partial charge in [-0.3, -0.25) is 0 Å². The Morgan fingerprint density at radius 3 is 2.42 bits per heavy atom. The lowest BCUT2D eigenvalue weighted by Gasteiger charge is -2.22. The van der Waals surface area contributed by atoms with Crippen molar-refractivity contribution in [3.05, 3.63) is 47.8 Å².